The number of halogens is 1. The lowest BCUT2D eigenvalue weighted by Gasteiger charge is -2.09. The van der Waals surface area contributed by atoms with Gasteiger partial charge in [-0.1, -0.05) is 35.9 Å². The monoisotopic (exact) mass is 243 g/mol. The summed E-state index contributed by atoms with van der Waals surface area (Å²) < 4.78 is 0. The van der Waals surface area contributed by atoms with Crippen LogP contribution in [0.3, 0.4) is 0 Å². The molecule has 2 aromatic rings. The Kier molecular flexibility index (Phi) is 2.38. The molecule has 1 heterocycles. The molecule has 1 saturated carbocycles. The average molecular weight is 244 g/mol. The van der Waals surface area contributed by atoms with Crippen LogP contribution < -0.4 is 5.32 Å². The van der Waals surface area contributed by atoms with Crippen molar-refractivity contribution in [2.24, 2.45) is 0 Å². The summed E-state index contributed by atoms with van der Waals surface area (Å²) >= 11 is 6.04. The lowest BCUT2D eigenvalue weighted by Crippen LogP contribution is -2.04. The molecule has 1 fully saturated rings. The van der Waals surface area contributed by atoms with E-state index < -0.39 is 0 Å². The molecule has 0 unspecified atom stereocenters. The Morgan fingerprint density at radius 1 is 1.29 bits per heavy atom. The van der Waals surface area contributed by atoms with Crippen LogP contribution in [0.4, 0.5) is 5.82 Å². The summed E-state index contributed by atoms with van der Waals surface area (Å²) in [4.78, 5) is 4.28. The number of nitrogens with one attached hydrogen (secondary N) is 1. The zero-order chi connectivity index (χ0) is 11.8. The average Bonchev–Trinajstić information content (AvgIpc) is 3.13. The summed E-state index contributed by atoms with van der Waals surface area (Å²) in [7, 11) is 0. The maximum atomic E-state index is 9.11. The van der Waals surface area contributed by atoms with E-state index in [1.54, 1.807) is 0 Å². The molecule has 0 saturated heterocycles. The molecule has 1 aromatic carbocycles. The molecule has 0 amide bonds. The number of hydrogen-bond donors (Lipinski definition) is 1. The van der Waals surface area contributed by atoms with Gasteiger partial charge < -0.3 is 5.32 Å². The summed E-state index contributed by atoms with van der Waals surface area (Å²) in [6.07, 6.45) is 2.35. The molecular weight excluding hydrogens is 234 g/mol. The van der Waals surface area contributed by atoms with Crippen molar-refractivity contribution in [2.45, 2.75) is 18.9 Å². The zero-order valence-electron chi connectivity index (χ0n) is 9.07. The predicted molar refractivity (Wildman–Crippen MR) is 68.1 cm³/mol. The van der Waals surface area contributed by atoms with Crippen LogP contribution in [0.5, 0.6) is 0 Å². The minimum Gasteiger partial charge on any atom is -0.367 e. The molecule has 3 rings (SSSR count). The number of benzene rings is 1. The molecular formula is C13H10ClN3. The van der Waals surface area contributed by atoms with Crippen molar-refractivity contribution in [3.8, 4) is 6.07 Å². The fraction of sp³-hybridized carbons (Fsp3) is 0.231. The summed E-state index contributed by atoms with van der Waals surface area (Å²) in [6, 6.07) is 10.3. The number of pyridine rings is 1. The Morgan fingerprint density at radius 3 is 2.65 bits per heavy atom. The summed E-state index contributed by atoms with van der Waals surface area (Å²) in [5.41, 5.74) is 0.448. The maximum Gasteiger partial charge on any atom is 0.149 e. The van der Waals surface area contributed by atoms with Gasteiger partial charge in [-0.15, -0.1) is 0 Å². The van der Waals surface area contributed by atoms with Crippen LogP contribution in [0.2, 0.25) is 5.15 Å². The Hall–Kier alpha value is -1.79. The number of anilines is 1. The molecule has 0 radical (unpaired) electrons. The number of hydrogen-bond acceptors (Lipinski definition) is 3. The van der Waals surface area contributed by atoms with Gasteiger partial charge in [-0.25, -0.2) is 4.98 Å². The quantitative estimate of drug-likeness (QED) is 0.823. The van der Waals surface area contributed by atoms with Gasteiger partial charge in [0.2, 0.25) is 0 Å². The predicted octanol–water partition coefficient (Wildman–Crippen LogP) is 3.33. The minimum absolute atomic E-state index is 0.273. The van der Waals surface area contributed by atoms with E-state index in [2.05, 4.69) is 16.4 Å². The van der Waals surface area contributed by atoms with E-state index in [1.807, 2.05) is 24.3 Å². The van der Waals surface area contributed by atoms with E-state index in [9.17, 15) is 0 Å². The molecule has 84 valence electrons. The molecule has 1 aliphatic carbocycles. The van der Waals surface area contributed by atoms with E-state index >= 15 is 0 Å². The van der Waals surface area contributed by atoms with Gasteiger partial charge in [0, 0.05) is 16.8 Å². The van der Waals surface area contributed by atoms with Crippen molar-refractivity contribution in [1.82, 2.24) is 4.98 Å². The number of rotatable bonds is 2. The molecule has 1 aromatic heterocycles. The lowest BCUT2D eigenvalue weighted by molar-refractivity contribution is 1.12. The summed E-state index contributed by atoms with van der Waals surface area (Å²) in [5, 5.41) is 14.5. The summed E-state index contributed by atoms with van der Waals surface area (Å²) in [6.45, 7) is 0. The van der Waals surface area contributed by atoms with E-state index in [0.717, 1.165) is 16.6 Å². The third-order valence-electron chi connectivity index (χ3n) is 2.90. The van der Waals surface area contributed by atoms with Gasteiger partial charge in [-0.2, -0.15) is 5.26 Å². The van der Waals surface area contributed by atoms with Crippen LogP contribution in [-0.4, -0.2) is 11.0 Å². The fourth-order valence-electron chi connectivity index (χ4n) is 1.87. The van der Waals surface area contributed by atoms with E-state index in [0.29, 0.717) is 11.6 Å². The Labute approximate surface area is 104 Å². The number of nitriles is 1. The van der Waals surface area contributed by atoms with Crippen LogP contribution >= 0.6 is 11.6 Å². The highest BCUT2D eigenvalue weighted by molar-refractivity contribution is 6.32. The highest BCUT2D eigenvalue weighted by Crippen LogP contribution is 2.32. The standard InChI is InChI=1S/C13H10ClN3/c14-12-11(7-15)9-3-1-2-4-10(9)13(17-12)16-8-5-6-8/h1-4,8H,5-6H2,(H,16,17). The Balaban J connectivity index is 2.25. The molecule has 1 aliphatic rings. The highest BCUT2D eigenvalue weighted by Gasteiger charge is 2.23. The number of nitrogens with zero attached hydrogens (tertiary/aromatic N) is 2. The van der Waals surface area contributed by atoms with Crippen LogP contribution in [0.1, 0.15) is 18.4 Å². The maximum absolute atomic E-state index is 9.11. The molecule has 0 bridgehead atoms. The molecule has 17 heavy (non-hydrogen) atoms. The molecule has 3 nitrogen and oxygen atoms in total. The second-order valence-electron chi connectivity index (χ2n) is 4.20. The van der Waals surface area contributed by atoms with Gasteiger partial charge in [0.1, 0.15) is 17.0 Å². The Morgan fingerprint density at radius 2 is 2.00 bits per heavy atom. The van der Waals surface area contributed by atoms with E-state index in [1.165, 1.54) is 12.8 Å². The van der Waals surface area contributed by atoms with E-state index in [-0.39, 0.29) is 5.15 Å². The summed E-state index contributed by atoms with van der Waals surface area (Å²) in [5.74, 6) is 0.784. The molecule has 1 N–H and O–H groups in total. The van der Waals surface area contributed by atoms with Gasteiger partial charge >= 0.3 is 0 Å². The highest BCUT2D eigenvalue weighted by atomic mass is 35.5. The second-order valence-corrected chi connectivity index (χ2v) is 4.56. The SMILES string of the molecule is N#Cc1c(Cl)nc(NC2CC2)c2ccccc12. The first-order valence-electron chi connectivity index (χ1n) is 5.54. The topological polar surface area (TPSA) is 48.7 Å². The zero-order valence-corrected chi connectivity index (χ0v) is 9.83. The van der Waals surface area contributed by atoms with Crippen molar-refractivity contribution < 1.29 is 0 Å². The third kappa shape index (κ3) is 1.81. The first-order chi connectivity index (χ1) is 8.29. The third-order valence-corrected chi connectivity index (χ3v) is 3.17. The van der Waals surface area contributed by atoms with Gasteiger partial charge in [0.25, 0.3) is 0 Å². The van der Waals surface area contributed by atoms with Gasteiger partial charge in [0.05, 0.1) is 5.56 Å². The van der Waals surface area contributed by atoms with Crippen LogP contribution in [0.25, 0.3) is 10.8 Å². The smallest absolute Gasteiger partial charge is 0.149 e. The van der Waals surface area contributed by atoms with Crippen molar-refractivity contribution in [3.05, 3.63) is 35.0 Å². The molecule has 0 atom stereocenters. The van der Waals surface area contributed by atoms with Crippen molar-refractivity contribution in [1.29, 1.82) is 5.26 Å². The largest absolute Gasteiger partial charge is 0.367 e. The van der Waals surface area contributed by atoms with Crippen molar-refractivity contribution >= 4 is 28.2 Å². The van der Waals surface area contributed by atoms with Crippen LogP contribution in [-0.2, 0) is 0 Å². The van der Waals surface area contributed by atoms with Crippen molar-refractivity contribution in [2.75, 3.05) is 5.32 Å². The number of aromatic nitrogens is 1. The molecule has 0 spiro atoms. The van der Waals surface area contributed by atoms with Gasteiger partial charge in [-0.05, 0) is 12.8 Å². The van der Waals surface area contributed by atoms with Gasteiger partial charge in [0.15, 0.2) is 0 Å². The van der Waals surface area contributed by atoms with Crippen molar-refractivity contribution in [3.63, 3.8) is 0 Å². The first kappa shape index (κ1) is 10.4. The fourth-order valence-corrected chi connectivity index (χ4v) is 2.10. The Bertz CT molecular complexity index is 626. The molecule has 4 heteroatoms. The normalized spacial score (nSPS) is 14.6. The van der Waals surface area contributed by atoms with E-state index in [4.69, 9.17) is 16.9 Å². The first-order valence-corrected chi connectivity index (χ1v) is 5.92. The minimum atomic E-state index is 0.273. The number of fused-ring (bicyclic) bond motifs is 1. The van der Waals surface area contributed by atoms with Crippen LogP contribution in [0.15, 0.2) is 24.3 Å². The molecule has 0 aliphatic heterocycles. The van der Waals surface area contributed by atoms with Gasteiger partial charge in [-0.3, -0.25) is 0 Å². The second kappa shape index (κ2) is 3.90. The lowest BCUT2D eigenvalue weighted by atomic mass is 10.1. The van der Waals surface area contributed by atoms with Crippen LogP contribution in [0, 0.1) is 11.3 Å².